The van der Waals surface area contributed by atoms with Gasteiger partial charge in [0.05, 0.1) is 11.7 Å². The van der Waals surface area contributed by atoms with E-state index in [0.717, 1.165) is 30.8 Å². The number of rotatable bonds is 3. The molecule has 0 saturated carbocycles. The summed E-state index contributed by atoms with van der Waals surface area (Å²) in [6.45, 7) is 6.70. The minimum Gasteiger partial charge on any atom is -0.334 e. The zero-order chi connectivity index (χ0) is 15.7. The topological polar surface area (TPSA) is 51.0 Å². The van der Waals surface area contributed by atoms with Crippen molar-refractivity contribution in [2.24, 2.45) is 0 Å². The Morgan fingerprint density at radius 1 is 1.32 bits per heavy atom. The van der Waals surface area contributed by atoms with E-state index in [1.807, 2.05) is 48.6 Å². The van der Waals surface area contributed by atoms with Crippen molar-refractivity contribution in [2.45, 2.75) is 45.7 Å². The summed E-state index contributed by atoms with van der Waals surface area (Å²) < 4.78 is 1.83. The van der Waals surface area contributed by atoms with Crippen LogP contribution in [0.25, 0.3) is 0 Å². The molecular formula is C17H22N4O. The summed E-state index contributed by atoms with van der Waals surface area (Å²) in [4.78, 5) is 19.0. The highest BCUT2D eigenvalue weighted by atomic mass is 16.2. The minimum absolute atomic E-state index is 0.144. The third-order valence-electron chi connectivity index (χ3n) is 4.40. The molecule has 1 fully saturated rings. The standard InChI is InChI=1S/C17H22N4O/c1-12-11-13(2)21(19-12)14(3)17(22)20-10-4-5-16(20)15-6-8-18-9-7-15/h6-9,11,14,16H,4-5,10H2,1-3H3/t14-,16-/m1/s1. The number of amides is 1. The minimum atomic E-state index is -0.267. The van der Waals surface area contributed by atoms with Crippen LogP contribution in [0.2, 0.25) is 0 Å². The third kappa shape index (κ3) is 2.63. The van der Waals surface area contributed by atoms with Gasteiger partial charge in [-0.15, -0.1) is 0 Å². The van der Waals surface area contributed by atoms with Gasteiger partial charge in [0.1, 0.15) is 6.04 Å². The molecule has 5 nitrogen and oxygen atoms in total. The summed E-state index contributed by atoms with van der Waals surface area (Å²) in [6.07, 6.45) is 5.64. The molecule has 2 aromatic heterocycles. The molecule has 3 rings (SSSR count). The predicted octanol–water partition coefficient (Wildman–Crippen LogP) is 2.82. The lowest BCUT2D eigenvalue weighted by atomic mass is 10.1. The first kappa shape index (κ1) is 14.8. The van der Waals surface area contributed by atoms with E-state index in [2.05, 4.69) is 10.1 Å². The molecule has 2 atom stereocenters. The first-order valence-electron chi connectivity index (χ1n) is 7.81. The molecule has 2 aromatic rings. The van der Waals surface area contributed by atoms with Crippen molar-refractivity contribution in [1.29, 1.82) is 0 Å². The maximum absolute atomic E-state index is 12.9. The zero-order valence-corrected chi connectivity index (χ0v) is 13.4. The molecule has 3 heterocycles. The Hall–Kier alpha value is -2.17. The van der Waals surface area contributed by atoms with Gasteiger partial charge in [-0.05, 0) is 57.4 Å². The fourth-order valence-electron chi connectivity index (χ4n) is 3.35. The van der Waals surface area contributed by atoms with E-state index in [-0.39, 0.29) is 18.0 Å². The van der Waals surface area contributed by atoms with Crippen molar-refractivity contribution in [2.75, 3.05) is 6.54 Å². The van der Waals surface area contributed by atoms with E-state index >= 15 is 0 Å². The normalized spacial score (nSPS) is 19.4. The van der Waals surface area contributed by atoms with Crippen LogP contribution < -0.4 is 0 Å². The number of carbonyl (C=O) groups excluding carboxylic acids is 1. The van der Waals surface area contributed by atoms with Gasteiger partial charge in [-0.1, -0.05) is 0 Å². The van der Waals surface area contributed by atoms with Gasteiger partial charge in [0, 0.05) is 24.6 Å². The van der Waals surface area contributed by atoms with Gasteiger partial charge >= 0.3 is 0 Å². The second-order valence-corrected chi connectivity index (χ2v) is 6.02. The lowest BCUT2D eigenvalue weighted by Gasteiger charge is -2.28. The highest BCUT2D eigenvalue weighted by Gasteiger charge is 2.33. The quantitative estimate of drug-likeness (QED) is 0.875. The average Bonchev–Trinajstić information content (AvgIpc) is 3.13. The number of aromatic nitrogens is 3. The molecule has 116 valence electrons. The Labute approximate surface area is 131 Å². The summed E-state index contributed by atoms with van der Waals surface area (Å²) >= 11 is 0. The van der Waals surface area contributed by atoms with E-state index in [1.54, 1.807) is 12.4 Å². The smallest absolute Gasteiger partial charge is 0.247 e. The van der Waals surface area contributed by atoms with Gasteiger partial charge in [-0.3, -0.25) is 14.5 Å². The van der Waals surface area contributed by atoms with E-state index in [4.69, 9.17) is 0 Å². The molecule has 0 unspecified atom stereocenters. The monoisotopic (exact) mass is 298 g/mol. The Kier molecular flexibility index (Phi) is 3.96. The Bertz CT molecular complexity index is 665. The van der Waals surface area contributed by atoms with Crippen molar-refractivity contribution >= 4 is 5.91 Å². The molecule has 1 aliphatic rings. The Balaban J connectivity index is 1.83. The van der Waals surface area contributed by atoms with Crippen LogP contribution in [-0.4, -0.2) is 32.1 Å². The maximum atomic E-state index is 12.9. The second kappa shape index (κ2) is 5.91. The van der Waals surface area contributed by atoms with Gasteiger partial charge in [0.2, 0.25) is 5.91 Å². The molecule has 1 amide bonds. The van der Waals surface area contributed by atoms with Crippen LogP contribution in [-0.2, 0) is 4.79 Å². The summed E-state index contributed by atoms with van der Waals surface area (Å²) in [5, 5.41) is 4.46. The zero-order valence-electron chi connectivity index (χ0n) is 13.4. The van der Waals surface area contributed by atoms with Crippen molar-refractivity contribution in [3.05, 3.63) is 47.5 Å². The molecule has 0 bridgehead atoms. The van der Waals surface area contributed by atoms with Crippen molar-refractivity contribution in [3.8, 4) is 0 Å². The van der Waals surface area contributed by atoms with E-state index < -0.39 is 0 Å². The largest absolute Gasteiger partial charge is 0.334 e. The fraction of sp³-hybridized carbons (Fsp3) is 0.471. The molecule has 0 aromatic carbocycles. The SMILES string of the molecule is Cc1cc(C)n([C@H](C)C(=O)N2CCC[C@@H]2c2ccncc2)n1. The van der Waals surface area contributed by atoms with Gasteiger partial charge in [-0.25, -0.2) is 0 Å². The van der Waals surface area contributed by atoms with Gasteiger partial charge in [-0.2, -0.15) is 5.10 Å². The van der Waals surface area contributed by atoms with E-state index in [9.17, 15) is 4.79 Å². The number of nitrogens with zero attached hydrogens (tertiary/aromatic N) is 4. The van der Waals surface area contributed by atoms with Crippen LogP contribution in [0, 0.1) is 13.8 Å². The summed E-state index contributed by atoms with van der Waals surface area (Å²) in [6, 6.07) is 5.91. The molecular weight excluding hydrogens is 276 g/mol. The molecule has 22 heavy (non-hydrogen) atoms. The lowest BCUT2D eigenvalue weighted by Crippen LogP contribution is -2.36. The fourth-order valence-corrected chi connectivity index (χ4v) is 3.35. The molecule has 0 N–H and O–H groups in total. The number of pyridine rings is 1. The van der Waals surface area contributed by atoms with Gasteiger partial charge < -0.3 is 4.90 Å². The summed E-state index contributed by atoms with van der Waals surface area (Å²) in [5.74, 6) is 0.144. The number of likely N-dealkylation sites (tertiary alicyclic amines) is 1. The van der Waals surface area contributed by atoms with Gasteiger partial charge in [0.15, 0.2) is 0 Å². The average molecular weight is 298 g/mol. The van der Waals surface area contributed by atoms with Crippen LogP contribution >= 0.6 is 0 Å². The first-order valence-corrected chi connectivity index (χ1v) is 7.81. The molecule has 0 aliphatic carbocycles. The molecule has 5 heteroatoms. The molecule has 0 radical (unpaired) electrons. The Morgan fingerprint density at radius 2 is 2.05 bits per heavy atom. The van der Waals surface area contributed by atoms with Crippen molar-refractivity contribution in [1.82, 2.24) is 19.7 Å². The van der Waals surface area contributed by atoms with Crippen molar-refractivity contribution < 1.29 is 4.79 Å². The van der Waals surface area contributed by atoms with E-state index in [1.165, 1.54) is 5.56 Å². The van der Waals surface area contributed by atoms with Crippen LogP contribution in [0.1, 0.15) is 48.8 Å². The van der Waals surface area contributed by atoms with Crippen LogP contribution in [0.4, 0.5) is 0 Å². The summed E-state index contributed by atoms with van der Waals surface area (Å²) in [5.41, 5.74) is 3.14. The number of aryl methyl sites for hydroxylation is 2. The first-order chi connectivity index (χ1) is 10.6. The molecule has 1 aliphatic heterocycles. The van der Waals surface area contributed by atoms with Gasteiger partial charge in [0.25, 0.3) is 0 Å². The maximum Gasteiger partial charge on any atom is 0.247 e. The molecule has 0 spiro atoms. The predicted molar refractivity (Wildman–Crippen MR) is 84.3 cm³/mol. The van der Waals surface area contributed by atoms with E-state index in [0.29, 0.717) is 0 Å². The van der Waals surface area contributed by atoms with Crippen LogP contribution in [0.3, 0.4) is 0 Å². The number of hydrogen-bond donors (Lipinski definition) is 0. The Morgan fingerprint density at radius 3 is 2.68 bits per heavy atom. The second-order valence-electron chi connectivity index (χ2n) is 6.02. The summed E-state index contributed by atoms with van der Waals surface area (Å²) in [7, 11) is 0. The van der Waals surface area contributed by atoms with Crippen molar-refractivity contribution in [3.63, 3.8) is 0 Å². The lowest BCUT2D eigenvalue weighted by molar-refractivity contribution is -0.135. The third-order valence-corrected chi connectivity index (χ3v) is 4.40. The van der Waals surface area contributed by atoms with Crippen LogP contribution in [0.5, 0.6) is 0 Å². The number of carbonyl (C=O) groups is 1. The molecule has 1 saturated heterocycles. The number of hydrogen-bond acceptors (Lipinski definition) is 3. The highest BCUT2D eigenvalue weighted by Crippen LogP contribution is 2.33. The highest BCUT2D eigenvalue weighted by molar-refractivity contribution is 5.80. The van der Waals surface area contributed by atoms with Crippen LogP contribution in [0.15, 0.2) is 30.6 Å².